The smallest absolute Gasteiger partial charge is 0.272 e. The van der Waals surface area contributed by atoms with Gasteiger partial charge in [0.1, 0.15) is 17.6 Å². The Labute approximate surface area is 172 Å². The Bertz CT molecular complexity index is 878. The van der Waals surface area contributed by atoms with Crippen molar-refractivity contribution in [2.45, 2.75) is 23.8 Å². The summed E-state index contributed by atoms with van der Waals surface area (Å²) in [6.45, 7) is 4.89. The molecule has 0 spiro atoms. The zero-order chi connectivity index (χ0) is 20.1. The molecular formula is C21H30N4O3S+2. The van der Waals surface area contributed by atoms with Crippen LogP contribution in [0, 0.1) is 0 Å². The minimum absolute atomic E-state index is 0.287. The molecule has 4 rings (SSSR count). The van der Waals surface area contributed by atoms with Crippen LogP contribution in [0.5, 0.6) is 0 Å². The second-order valence-electron chi connectivity index (χ2n) is 7.66. The Balaban J connectivity index is 1.43. The lowest BCUT2D eigenvalue weighted by molar-refractivity contribution is -0.918. The number of anilines is 1. The molecule has 3 heterocycles. The van der Waals surface area contributed by atoms with E-state index in [0.717, 1.165) is 12.4 Å². The molecule has 2 saturated heterocycles. The molecule has 0 amide bonds. The first-order valence-electron chi connectivity index (χ1n) is 10.4. The molecule has 0 radical (unpaired) electrons. The van der Waals surface area contributed by atoms with Crippen LogP contribution in [0.2, 0.25) is 0 Å². The molecule has 7 nitrogen and oxygen atoms in total. The third-order valence-electron chi connectivity index (χ3n) is 5.83. The molecule has 156 valence electrons. The van der Waals surface area contributed by atoms with E-state index in [1.54, 1.807) is 17.2 Å². The third kappa shape index (κ3) is 4.78. The molecule has 1 aromatic heterocycles. The van der Waals surface area contributed by atoms with Crippen molar-refractivity contribution in [1.82, 2.24) is 4.31 Å². The first-order valence-corrected chi connectivity index (χ1v) is 11.8. The number of nitrogens with one attached hydrogen (secondary N) is 3. The molecule has 0 aliphatic carbocycles. The average Bonchev–Trinajstić information content (AvgIpc) is 3.30. The fraction of sp³-hybridized carbons (Fsp3) is 0.476. The molecule has 0 bridgehead atoms. The Morgan fingerprint density at radius 1 is 1.07 bits per heavy atom. The van der Waals surface area contributed by atoms with Gasteiger partial charge >= 0.3 is 0 Å². The number of benzene rings is 1. The van der Waals surface area contributed by atoms with Crippen LogP contribution in [0.15, 0.2) is 53.6 Å². The van der Waals surface area contributed by atoms with Crippen molar-refractivity contribution in [2.24, 2.45) is 0 Å². The average molecular weight is 419 g/mol. The lowest BCUT2D eigenvalue weighted by Crippen LogP contribution is -3.11. The number of hydrogen-bond acceptors (Lipinski definition) is 4. The molecule has 1 atom stereocenters. The highest BCUT2D eigenvalue weighted by molar-refractivity contribution is 7.89. The van der Waals surface area contributed by atoms with Gasteiger partial charge in [-0.1, -0.05) is 30.3 Å². The summed E-state index contributed by atoms with van der Waals surface area (Å²) in [4.78, 5) is 5.02. The van der Waals surface area contributed by atoms with Crippen LogP contribution in [-0.2, 0) is 14.8 Å². The monoisotopic (exact) mass is 418 g/mol. The van der Waals surface area contributed by atoms with Crippen molar-refractivity contribution in [2.75, 3.05) is 51.3 Å². The second kappa shape index (κ2) is 9.21. The van der Waals surface area contributed by atoms with Crippen LogP contribution >= 0.6 is 0 Å². The summed E-state index contributed by atoms with van der Waals surface area (Å²) in [6, 6.07) is 14.5. The largest absolute Gasteiger partial charge is 0.379 e. The van der Waals surface area contributed by atoms with Crippen molar-refractivity contribution in [3.05, 3.63) is 54.2 Å². The van der Waals surface area contributed by atoms with Gasteiger partial charge in [-0.25, -0.2) is 13.4 Å². The van der Waals surface area contributed by atoms with Crippen LogP contribution in [-0.4, -0.2) is 58.7 Å². The van der Waals surface area contributed by atoms with E-state index in [1.165, 1.54) is 35.8 Å². The highest BCUT2D eigenvalue weighted by Gasteiger charge is 2.30. The second-order valence-corrected chi connectivity index (χ2v) is 9.60. The number of aromatic amines is 1. The molecular weight excluding hydrogens is 388 g/mol. The molecule has 29 heavy (non-hydrogen) atoms. The molecule has 2 aliphatic rings. The third-order valence-corrected chi connectivity index (χ3v) is 7.72. The minimum atomic E-state index is -3.48. The zero-order valence-electron chi connectivity index (χ0n) is 16.6. The van der Waals surface area contributed by atoms with E-state index < -0.39 is 10.0 Å². The summed E-state index contributed by atoms with van der Waals surface area (Å²) in [5.74, 6) is 0.824. The summed E-state index contributed by atoms with van der Waals surface area (Å²) < 4.78 is 32.2. The van der Waals surface area contributed by atoms with Gasteiger partial charge in [-0.3, -0.25) is 5.32 Å². The van der Waals surface area contributed by atoms with Gasteiger partial charge in [0.25, 0.3) is 5.82 Å². The molecule has 0 unspecified atom stereocenters. The van der Waals surface area contributed by atoms with Crippen LogP contribution in [0.25, 0.3) is 0 Å². The highest BCUT2D eigenvalue weighted by atomic mass is 32.2. The van der Waals surface area contributed by atoms with Gasteiger partial charge in [0.05, 0.1) is 26.3 Å². The first kappa shape index (κ1) is 20.3. The van der Waals surface area contributed by atoms with E-state index >= 15 is 0 Å². The van der Waals surface area contributed by atoms with Gasteiger partial charge in [0.2, 0.25) is 10.0 Å². The number of nitrogens with zero attached hydrogens (tertiary/aromatic N) is 1. The Morgan fingerprint density at radius 3 is 2.45 bits per heavy atom. The van der Waals surface area contributed by atoms with Crippen molar-refractivity contribution in [1.29, 1.82) is 0 Å². The predicted molar refractivity (Wildman–Crippen MR) is 110 cm³/mol. The van der Waals surface area contributed by atoms with Gasteiger partial charge in [-0.15, -0.1) is 0 Å². The SMILES string of the molecule is O=S(=O)(c1ccc(NC[C@@H](c2ccccc2)[NH+]2CCCC2)[nH+]c1)N1CCOCC1. The van der Waals surface area contributed by atoms with Gasteiger partial charge in [0.15, 0.2) is 6.04 Å². The van der Waals surface area contributed by atoms with E-state index in [9.17, 15) is 8.42 Å². The number of pyridine rings is 1. The normalized spacial score (nSPS) is 19.9. The standard InChI is InChI=1S/C21H28N4O3S/c26-29(27,25-12-14-28-15-13-25)19-8-9-21(22-16-19)23-17-20(24-10-4-5-11-24)18-6-2-1-3-7-18/h1-3,6-9,16,20H,4-5,10-15,17H2,(H,22,23)/p+2/t20-/m0/s1. The van der Waals surface area contributed by atoms with E-state index in [-0.39, 0.29) is 4.90 Å². The number of aromatic nitrogens is 1. The van der Waals surface area contributed by atoms with Crippen LogP contribution in [0.4, 0.5) is 5.82 Å². The summed E-state index contributed by atoms with van der Waals surface area (Å²) in [5.41, 5.74) is 1.34. The number of ether oxygens (including phenoxy) is 1. The number of quaternary nitrogens is 1. The van der Waals surface area contributed by atoms with Crippen molar-refractivity contribution < 1.29 is 23.0 Å². The lowest BCUT2D eigenvalue weighted by atomic mass is 10.1. The predicted octanol–water partition coefficient (Wildman–Crippen LogP) is 0.354. The van der Waals surface area contributed by atoms with Crippen LogP contribution in [0.3, 0.4) is 0 Å². The fourth-order valence-electron chi connectivity index (χ4n) is 4.19. The van der Waals surface area contributed by atoms with Crippen molar-refractivity contribution >= 4 is 15.8 Å². The molecule has 1 aromatic carbocycles. The number of likely N-dealkylation sites (tertiary alicyclic amines) is 1. The number of hydrogen-bond donors (Lipinski definition) is 2. The number of morpholine rings is 1. The summed E-state index contributed by atoms with van der Waals surface area (Å²) in [5, 5.41) is 3.47. The maximum absolute atomic E-state index is 12.8. The molecule has 2 aliphatic heterocycles. The van der Waals surface area contributed by atoms with Gasteiger partial charge in [-0.05, 0) is 6.07 Å². The minimum Gasteiger partial charge on any atom is -0.379 e. The maximum Gasteiger partial charge on any atom is 0.272 e. The van der Waals surface area contributed by atoms with Crippen molar-refractivity contribution in [3.8, 4) is 0 Å². The van der Waals surface area contributed by atoms with Gasteiger partial charge < -0.3 is 9.64 Å². The van der Waals surface area contributed by atoms with E-state index in [2.05, 4.69) is 40.6 Å². The molecule has 8 heteroatoms. The number of H-pyrrole nitrogens is 1. The lowest BCUT2D eigenvalue weighted by Gasteiger charge is -2.25. The summed E-state index contributed by atoms with van der Waals surface area (Å²) in [7, 11) is -3.48. The number of sulfonamides is 1. The van der Waals surface area contributed by atoms with Gasteiger partial charge in [0, 0.05) is 37.6 Å². The topological polar surface area (TPSA) is 77.2 Å². The van der Waals surface area contributed by atoms with E-state index in [0.29, 0.717) is 32.3 Å². The first-order chi connectivity index (χ1) is 14.1. The fourth-order valence-corrected chi connectivity index (χ4v) is 5.57. The van der Waals surface area contributed by atoms with Crippen molar-refractivity contribution in [3.63, 3.8) is 0 Å². The Hall–Kier alpha value is -2.00. The summed E-state index contributed by atoms with van der Waals surface area (Å²) >= 11 is 0. The van der Waals surface area contributed by atoms with E-state index in [4.69, 9.17) is 4.74 Å². The van der Waals surface area contributed by atoms with Crippen LogP contribution in [0.1, 0.15) is 24.4 Å². The Morgan fingerprint density at radius 2 is 1.79 bits per heavy atom. The summed E-state index contributed by atoms with van der Waals surface area (Å²) in [6.07, 6.45) is 4.13. The number of rotatable bonds is 7. The maximum atomic E-state index is 12.8. The van der Waals surface area contributed by atoms with Gasteiger partial charge in [-0.2, -0.15) is 4.31 Å². The molecule has 0 saturated carbocycles. The molecule has 2 aromatic rings. The zero-order valence-corrected chi connectivity index (χ0v) is 17.5. The quantitative estimate of drug-likeness (QED) is 0.681. The molecule has 2 fully saturated rings. The van der Waals surface area contributed by atoms with E-state index in [1.807, 2.05) is 6.07 Å². The molecule has 3 N–H and O–H groups in total. The highest BCUT2D eigenvalue weighted by Crippen LogP contribution is 2.17. The Kier molecular flexibility index (Phi) is 6.44. The van der Waals surface area contributed by atoms with Crippen LogP contribution < -0.4 is 15.2 Å².